The summed E-state index contributed by atoms with van der Waals surface area (Å²) in [6.07, 6.45) is 0. The van der Waals surface area contributed by atoms with Crippen LogP contribution in [0.3, 0.4) is 0 Å². The molecule has 0 aliphatic carbocycles. The molecule has 0 aromatic heterocycles. The molecule has 0 spiro atoms. The molecule has 0 fully saturated rings. The average molecular weight is 3040 g/mol. The summed E-state index contributed by atoms with van der Waals surface area (Å²) in [5.74, 6) is 0. The maximum absolute atomic E-state index is 8.52. The van der Waals surface area contributed by atoms with Gasteiger partial charge < -0.3 is 182 Å². The minimum atomic E-state index is -5.17. The summed E-state index contributed by atoms with van der Waals surface area (Å²) in [4.78, 5) is 0. The molecule has 0 rings (SSSR count). The van der Waals surface area contributed by atoms with E-state index in [0.717, 1.165) is 0 Å². The molecule has 0 saturated heterocycles. The standard InChI is InChI=1S/20Fe.20H2O4S/c;;;;;;;;;;;;;;;;;;;;20*1-5(2,3)4/h;;;;;;;;;;;;;;;;;;;;20*(H2,1,2,3,4)/q20*+2;;;;;;;;;;;;;;;;;;;;/p-40. The third-order valence-corrected chi connectivity index (χ3v) is 0. The SMILES string of the molecule is O=S(=O)([O-])[O-].O=S(=O)([O-])[O-].O=S(=O)([O-])[O-].O=S(=O)([O-])[O-].O=S(=O)([O-])[O-].O=S(=O)([O-])[O-].O=S(=O)([O-])[O-].O=S(=O)([O-])[O-].O=S(=O)([O-])[O-].O=S(=O)([O-])[O-].O=S(=O)([O-])[O-].O=S(=O)([O-])[O-].O=S(=O)([O-])[O-].O=S(=O)([O-])[O-].O=S(=O)([O-])[O-].O=S(=O)([O-])[O-].O=S(=O)([O-])[O-].O=S(=O)([O-])[O-].O=S(=O)([O-])[O-].O=S(=O)([O-])[O-].[Fe+2].[Fe+2].[Fe+2].[Fe+2].[Fe+2].[Fe+2].[Fe+2].[Fe+2].[Fe+2].[Fe+2].[Fe+2].[Fe+2].[Fe+2].[Fe+2].[Fe+2].[Fe+2].[Fe+2].[Fe+2].[Fe+2].[Fe+2]. The molecule has 0 atom stereocenters. The molecule has 0 N–H and O–H groups in total. The van der Waals surface area contributed by atoms with Crippen LogP contribution in [0.5, 0.6) is 0 Å². The fraction of sp³-hybridized carbons (Fsp3) is 0. The minimum absolute atomic E-state index is 0. The van der Waals surface area contributed by atoms with E-state index in [2.05, 4.69) is 0 Å². The Balaban J connectivity index is -0.0000000146. The fourth-order valence-electron chi connectivity index (χ4n) is 0. The van der Waals surface area contributed by atoms with Crippen LogP contribution in [0.15, 0.2) is 0 Å². The first-order chi connectivity index (χ1) is 40.0. The van der Waals surface area contributed by atoms with Gasteiger partial charge in [-0.15, -0.1) is 0 Å². The monoisotopic (exact) mass is 3040 g/mol. The smallest absolute Gasteiger partial charge is 0.759 e. The van der Waals surface area contributed by atoms with E-state index >= 15 is 0 Å². The van der Waals surface area contributed by atoms with Crippen LogP contribution in [0.25, 0.3) is 0 Å². The summed E-state index contributed by atoms with van der Waals surface area (Å²) >= 11 is 0. The molecule has 0 heterocycles. The number of hydrogen-bond acceptors (Lipinski definition) is 80. The number of rotatable bonds is 0. The molecule has 0 aromatic carbocycles. The van der Waals surface area contributed by atoms with Crippen molar-refractivity contribution in [2.75, 3.05) is 0 Å². The van der Waals surface area contributed by atoms with Crippen molar-refractivity contribution in [3.05, 3.63) is 0 Å². The first kappa shape index (κ1) is 267. The van der Waals surface area contributed by atoms with Gasteiger partial charge in [-0.25, -0.2) is 0 Å². The second-order valence-electron chi connectivity index (χ2n) is 8.16. The van der Waals surface area contributed by atoms with Crippen molar-refractivity contribution in [1.29, 1.82) is 0 Å². The Morgan fingerprint density at radius 3 is 0.0583 bits per heavy atom. The van der Waals surface area contributed by atoms with E-state index in [9.17, 15) is 0 Å². The fourth-order valence-corrected chi connectivity index (χ4v) is 0. The predicted molar refractivity (Wildman–Crippen MR) is 209 cm³/mol. The van der Waals surface area contributed by atoms with Gasteiger partial charge in [0, 0.05) is 208 Å². The third kappa shape index (κ3) is 32300. The van der Waals surface area contributed by atoms with Crippen molar-refractivity contribution in [1.82, 2.24) is 0 Å². The average Bonchev–Trinajstić information content (AvgIpc) is 2.87. The molecule has 120 heavy (non-hydrogen) atoms. The third-order valence-electron chi connectivity index (χ3n) is 0. The zero-order valence-corrected chi connectivity index (χ0v) is 86.3. The largest absolute Gasteiger partial charge is 2.00 e. The summed E-state index contributed by atoms with van der Waals surface area (Å²) < 4.78 is 682. The van der Waals surface area contributed by atoms with Crippen LogP contribution in [0.4, 0.5) is 0 Å². The van der Waals surface area contributed by atoms with Gasteiger partial charge in [0.1, 0.15) is 0 Å². The van der Waals surface area contributed by atoms with E-state index in [-0.39, 0.29) is 341 Å². The van der Waals surface area contributed by atoms with Gasteiger partial charge in [-0.05, 0) is 0 Å². The quantitative estimate of drug-likeness (QED) is 0.123. The van der Waals surface area contributed by atoms with Gasteiger partial charge in [0.25, 0.3) is 0 Å². The topological polar surface area (TPSA) is 1610 Å². The molecule has 0 aliphatic heterocycles. The van der Waals surface area contributed by atoms with Crippen LogP contribution in [0.2, 0.25) is 0 Å². The number of hydrogen-bond donors (Lipinski definition) is 0. The van der Waals surface area contributed by atoms with Crippen molar-refractivity contribution in [2.24, 2.45) is 0 Å². The Hall–Kier alpha value is 7.79. The Kier molecular flexibility index (Phi) is 273. The minimum Gasteiger partial charge on any atom is -0.759 e. The molecule has 120 heteroatoms. The Labute approximate surface area is 886 Å². The first-order valence-corrected chi connectivity index (χ1v) is 40.0. The van der Waals surface area contributed by atoms with E-state index in [1.54, 1.807) is 0 Å². The second kappa shape index (κ2) is 123. The van der Waals surface area contributed by atoms with Crippen LogP contribution < -0.4 is 0 Å². The molecule has 0 unspecified atom stereocenters. The normalized spacial score (nSPS) is 9.67. The van der Waals surface area contributed by atoms with Crippen LogP contribution in [0, 0.1) is 0 Å². The molecular weight excluding hydrogens is 3040 g/mol. The zero-order valence-electron chi connectivity index (χ0n) is 47.9. The van der Waals surface area contributed by atoms with Crippen molar-refractivity contribution >= 4 is 208 Å². The maximum atomic E-state index is 8.52. The second-order valence-corrected chi connectivity index (χ2v) is 24.5. The molecule has 0 aliphatic rings. The van der Waals surface area contributed by atoms with Gasteiger partial charge >= 0.3 is 341 Å². The van der Waals surface area contributed by atoms with Crippen LogP contribution in [-0.4, -0.2) is 350 Å². The summed E-state index contributed by atoms with van der Waals surface area (Å²) in [6, 6.07) is 0. The molecule has 80 nitrogen and oxygen atoms in total. The zero-order chi connectivity index (χ0) is 90.0. The van der Waals surface area contributed by atoms with E-state index in [1.165, 1.54) is 0 Å². The Morgan fingerprint density at radius 2 is 0.0583 bits per heavy atom. The molecule has 0 radical (unpaired) electrons. The van der Waals surface area contributed by atoms with Crippen molar-refractivity contribution in [3.63, 3.8) is 0 Å². The van der Waals surface area contributed by atoms with Gasteiger partial charge in [0.15, 0.2) is 0 Å². The molecule has 0 aromatic rings. The molecular formula is Fe20O80S20. The van der Waals surface area contributed by atoms with E-state index in [0.29, 0.717) is 0 Å². The molecule has 0 saturated carbocycles. The summed E-state index contributed by atoms with van der Waals surface area (Å²) in [6.45, 7) is 0. The van der Waals surface area contributed by atoms with Gasteiger partial charge in [0.2, 0.25) is 0 Å². The van der Waals surface area contributed by atoms with Crippen LogP contribution in [-0.2, 0) is 549 Å². The molecule has 0 amide bonds. The van der Waals surface area contributed by atoms with E-state index in [1.807, 2.05) is 0 Å². The van der Waals surface area contributed by atoms with Crippen molar-refractivity contribution in [2.45, 2.75) is 0 Å². The van der Waals surface area contributed by atoms with Crippen molar-refractivity contribution in [3.8, 4) is 0 Å². The maximum Gasteiger partial charge on any atom is 2.00 e. The summed E-state index contributed by atoms with van der Waals surface area (Å²) in [5, 5.41) is 0. The van der Waals surface area contributed by atoms with Gasteiger partial charge in [0.05, 0.1) is 0 Å². The van der Waals surface area contributed by atoms with Gasteiger partial charge in [-0.1, -0.05) is 0 Å². The van der Waals surface area contributed by atoms with Gasteiger partial charge in [-0.3, -0.25) is 168 Å². The van der Waals surface area contributed by atoms with Crippen LogP contribution in [0.1, 0.15) is 0 Å². The van der Waals surface area contributed by atoms with E-state index < -0.39 is 208 Å². The van der Waals surface area contributed by atoms with E-state index in [4.69, 9.17) is 350 Å². The predicted octanol–water partition coefficient (Wildman–Crippen LogP) is -26.8. The van der Waals surface area contributed by atoms with Crippen molar-refractivity contribution < 1.29 is 692 Å². The first-order valence-electron chi connectivity index (χ1n) is 13.3. The molecule has 760 valence electrons. The van der Waals surface area contributed by atoms with Gasteiger partial charge in [-0.2, -0.15) is 0 Å². The molecule has 0 bridgehead atoms. The summed E-state index contributed by atoms with van der Waals surface area (Å²) in [5.41, 5.74) is 0. The van der Waals surface area contributed by atoms with Crippen LogP contribution >= 0.6 is 0 Å². The summed E-state index contributed by atoms with van der Waals surface area (Å²) in [7, 11) is -103. The Morgan fingerprint density at radius 1 is 0.0583 bits per heavy atom. The Bertz CT molecular complexity index is 3110.